The molecule has 0 saturated heterocycles. The topological polar surface area (TPSA) is 58.2 Å². The van der Waals surface area contributed by atoms with Gasteiger partial charge in [-0.05, 0) is 17.7 Å². The Balaban J connectivity index is 2.95. The van der Waals surface area contributed by atoms with Gasteiger partial charge in [-0.2, -0.15) is 0 Å². The van der Waals surface area contributed by atoms with Crippen molar-refractivity contribution in [2.24, 2.45) is 0 Å². The SMILES string of the molecule is O=C(NC(NC(=O)C(Cl)Cl)c1cccc(Cl)c1)C(Cl)Cl. The highest BCUT2D eigenvalue weighted by molar-refractivity contribution is 6.54. The van der Waals surface area contributed by atoms with Crippen LogP contribution < -0.4 is 10.6 Å². The van der Waals surface area contributed by atoms with Gasteiger partial charge in [0.05, 0.1) is 0 Å². The molecule has 1 aromatic rings. The maximum Gasteiger partial charge on any atom is 0.255 e. The van der Waals surface area contributed by atoms with Crippen LogP contribution in [0.25, 0.3) is 0 Å². The number of hydrogen-bond donors (Lipinski definition) is 2. The lowest BCUT2D eigenvalue weighted by Gasteiger charge is -2.21. The quantitative estimate of drug-likeness (QED) is 0.611. The van der Waals surface area contributed by atoms with Gasteiger partial charge in [0.25, 0.3) is 11.8 Å². The summed E-state index contributed by atoms with van der Waals surface area (Å²) in [6.07, 6.45) is -0.909. The normalized spacial score (nSPS) is 11.0. The molecule has 0 bridgehead atoms. The van der Waals surface area contributed by atoms with Crippen molar-refractivity contribution < 1.29 is 9.59 Å². The van der Waals surface area contributed by atoms with Crippen LogP contribution in [0.3, 0.4) is 0 Å². The van der Waals surface area contributed by atoms with Gasteiger partial charge in [-0.1, -0.05) is 70.1 Å². The summed E-state index contributed by atoms with van der Waals surface area (Å²) < 4.78 is 0. The van der Waals surface area contributed by atoms with Crippen LogP contribution in [0.4, 0.5) is 0 Å². The van der Waals surface area contributed by atoms with Crippen LogP contribution >= 0.6 is 58.0 Å². The van der Waals surface area contributed by atoms with E-state index >= 15 is 0 Å². The van der Waals surface area contributed by atoms with Crippen LogP contribution in [0.2, 0.25) is 5.02 Å². The highest BCUT2D eigenvalue weighted by Gasteiger charge is 2.22. The lowest BCUT2D eigenvalue weighted by Crippen LogP contribution is -2.44. The summed E-state index contributed by atoms with van der Waals surface area (Å²) in [5.74, 6) is -1.36. The Morgan fingerprint density at radius 2 is 1.45 bits per heavy atom. The van der Waals surface area contributed by atoms with Crippen molar-refractivity contribution in [2.75, 3.05) is 0 Å². The second-order valence-electron chi connectivity index (χ2n) is 3.61. The maximum atomic E-state index is 11.5. The number of amides is 2. The predicted molar refractivity (Wildman–Crippen MR) is 81.5 cm³/mol. The van der Waals surface area contributed by atoms with E-state index in [0.717, 1.165) is 0 Å². The van der Waals surface area contributed by atoms with Crippen molar-refractivity contribution >= 4 is 69.8 Å². The zero-order valence-corrected chi connectivity index (χ0v) is 13.5. The van der Waals surface area contributed by atoms with E-state index in [-0.39, 0.29) is 0 Å². The average molecular weight is 378 g/mol. The van der Waals surface area contributed by atoms with E-state index < -0.39 is 27.7 Å². The summed E-state index contributed by atoms with van der Waals surface area (Å²) >= 11 is 27.7. The van der Waals surface area contributed by atoms with Gasteiger partial charge in [0.2, 0.25) is 0 Å². The van der Waals surface area contributed by atoms with Crippen LogP contribution in [0.1, 0.15) is 11.7 Å². The minimum absolute atomic E-state index is 0.428. The van der Waals surface area contributed by atoms with Gasteiger partial charge in [0.1, 0.15) is 6.17 Å². The molecule has 0 aliphatic rings. The molecule has 0 radical (unpaired) electrons. The highest BCUT2D eigenvalue weighted by atomic mass is 35.5. The molecular formula is C11H9Cl5N2O2. The van der Waals surface area contributed by atoms with Crippen molar-refractivity contribution in [3.05, 3.63) is 34.9 Å². The third-order valence-electron chi connectivity index (χ3n) is 2.15. The van der Waals surface area contributed by atoms with E-state index in [1.54, 1.807) is 24.3 Å². The van der Waals surface area contributed by atoms with Gasteiger partial charge in [0.15, 0.2) is 9.67 Å². The standard InChI is InChI=1S/C11H9Cl5N2O2/c12-6-3-1-2-5(4-6)9(17-10(19)7(13)14)18-11(20)8(15)16/h1-4,7-9H,(H,17,19)(H,18,20). The van der Waals surface area contributed by atoms with Gasteiger partial charge in [-0.25, -0.2) is 0 Å². The van der Waals surface area contributed by atoms with Gasteiger partial charge in [-0.15, -0.1) is 0 Å². The predicted octanol–water partition coefficient (Wildman–Crippen LogP) is 3.18. The molecule has 0 heterocycles. The molecule has 0 aromatic heterocycles. The second-order valence-corrected chi connectivity index (χ2v) is 6.24. The molecule has 1 aromatic carbocycles. The molecule has 2 N–H and O–H groups in total. The van der Waals surface area contributed by atoms with E-state index in [4.69, 9.17) is 58.0 Å². The highest BCUT2D eigenvalue weighted by Crippen LogP contribution is 2.18. The third-order valence-corrected chi connectivity index (χ3v) is 3.18. The Kier molecular flexibility index (Phi) is 7.20. The molecule has 0 atom stereocenters. The van der Waals surface area contributed by atoms with E-state index in [0.29, 0.717) is 10.6 Å². The number of nitrogens with one attached hydrogen (secondary N) is 2. The van der Waals surface area contributed by atoms with Crippen molar-refractivity contribution in [3.63, 3.8) is 0 Å². The fourth-order valence-electron chi connectivity index (χ4n) is 1.30. The Bertz CT molecular complexity index is 473. The molecule has 20 heavy (non-hydrogen) atoms. The number of benzene rings is 1. The number of carbonyl (C=O) groups is 2. The molecule has 0 aliphatic heterocycles. The first kappa shape index (κ1) is 17.7. The first-order valence-electron chi connectivity index (χ1n) is 5.23. The van der Waals surface area contributed by atoms with Gasteiger partial charge in [-0.3, -0.25) is 9.59 Å². The Morgan fingerprint density at radius 3 is 1.85 bits per heavy atom. The molecule has 9 heteroatoms. The number of rotatable bonds is 5. The largest absolute Gasteiger partial charge is 0.330 e. The summed E-state index contributed by atoms with van der Waals surface area (Å²) in [6.45, 7) is 0. The van der Waals surface area contributed by atoms with Crippen LogP contribution in [-0.2, 0) is 9.59 Å². The summed E-state index contributed by atoms with van der Waals surface area (Å²) in [6, 6.07) is 6.50. The molecule has 110 valence electrons. The fraction of sp³-hybridized carbons (Fsp3) is 0.273. The summed E-state index contributed by atoms with van der Waals surface area (Å²) in [5.41, 5.74) is 0.516. The molecule has 0 saturated carbocycles. The molecule has 0 spiro atoms. The molecule has 0 fully saturated rings. The zero-order chi connectivity index (χ0) is 15.3. The maximum absolute atomic E-state index is 11.5. The van der Waals surface area contributed by atoms with Crippen molar-refractivity contribution in [1.29, 1.82) is 0 Å². The number of halogens is 5. The Hall–Kier alpha value is -0.390. The van der Waals surface area contributed by atoms with Crippen molar-refractivity contribution in [2.45, 2.75) is 15.8 Å². The molecule has 1 rings (SSSR count). The minimum atomic E-state index is -1.28. The van der Waals surface area contributed by atoms with Gasteiger partial charge >= 0.3 is 0 Å². The van der Waals surface area contributed by atoms with Crippen molar-refractivity contribution in [1.82, 2.24) is 10.6 Å². The Labute approximate surface area is 140 Å². The third kappa shape index (κ3) is 5.54. The summed E-state index contributed by atoms with van der Waals surface area (Å²) in [5, 5.41) is 5.30. The van der Waals surface area contributed by atoms with E-state index in [1.807, 2.05) is 0 Å². The first-order valence-corrected chi connectivity index (χ1v) is 7.36. The average Bonchev–Trinajstić information content (AvgIpc) is 2.37. The summed E-state index contributed by atoms with van der Waals surface area (Å²) in [7, 11) is 0. The number of alkyl halides is 4. The lowest BCUT2D eigenvalue weighted by atomic mass is 10.1. The van der Waals surface area contributed by atoms with Gasteiger partial charge < -0.3 is 10.6 Å². The van der Waals surface area contributed by atoms with E-state index in [9.17, 15) is 9.59 Å². The Morgan fingerprint density at radius 1 is 0.950 bits per heavy atom. The van der Waals surface area contributed by atoms with Crippen LogP contribution in [0, 0.1) is 0 Å². The number of carbonyl (C=O) groups excluding carboxylic acids is 2. The first-order chi connectivity index (χ1) is 9.31. The fourth-order valence-corrected chi connectivity index (χ4v) is 1.75. The van der Waals surface area contributed by atoms with Gasteiger partial charge in [0, 0.05) is 5.02 Å². The van der Waals surface area contributed by atoms with Crippen LogP contribution in [-0.4, -0.2) is 21.5 Å². The second kappa shape index (κ2) is 8.15. The van der Waals surface area contributed by atoms with Crippen LogP contribution in [0.5, 0.6) is 0 Å². The zero-order valence-electron chi connectivity index (χ0n) is 9.75. The van der Waals surface area contributed by atoms with E-state index in [2.05, 4.69) is 10.6 Å². The molecule has 4 nitrogen and oxygen atoms in total. The molecule has 0 unspecified atom stereocenters. The molecular weight excluding hydrogens is 369 g/mol. The lowest BCUT2D eigenvalue weighted by molar-refractivity contribution is -0.122. The van der Waals surface area contributed by atoms with E-state index in [1.165, 1.54) is 0 Å². The van der Waals surface area contributed by atoms with Crippen LogP contribution in [0.15, 0.2) is 24.3 Å². The summed E-state index contributed by atoms with van der Waals surface area (Å²) in [4.78, 5) is 20.5. The number of hydrogen-bond acceptors (Lipinski definition) is 2. The molecule has 2 amide bonds. The van der Waals surface area contributed by atoms with Crippen molar-refractivity contribution in [3.8, 4) is 0 Å². The monoisotopic (exact) mass is 376 g/mol. The minimum Gasteiger partial charge on any atom is -0.330 e. The molecule has 0 aliphatic carbocycles. The smallest absolute Gasteiger partial charge is 0.255 e.